The van der Waals surface area contributed by atoms with E-state index in [1.807, 2.05) is 0 Å². The van der Waals surface area contributed by atoms with Gasteiger partial charge in [0.25, 0.3) is 5.91 Å². The third-order valence-electron chi connectivity index (χ3n) is 5.89. The number of likely N-dealkylation sites (N-methyl/N-ethyl adjacent to an activating group) is 1. The lowest BCUT2D eigenvalue weighted by Gasteiger charge is -2.40. The minimum atomic E-state index is -1.61. The number of nitrogens with zero attached hydrogens (tertiary/aromatic N) is 4. The summed E-state index contributed by atoms with van der Waals surface area (Å²) in [4.78, 5) is 37.0. The fourth-order valence-corrected chi connectivity index (χ4v) is 3.97. The summed E-state index contributed by atoms with van der Waals surface area (Å²) in [5, 5.41) is 5.96. The zero-order valence-electron chi connectivity index (χ0n) is 18.4. The molecule has 1 aromatic heterocycles. The van der Waals surface area contributed by atoms with Gasteiger partial charge < -0.3 is 25.2 Å². The second-order valence-electron chi connectivity index (χ2n) is 8.12. The van der Waals surface area contributed by atoms with Crippen molar-refractivity contribution in [2.45, 2.75) is 32.0 Å². The van der Waals surface area contributed by atoms with Gasteiger partial charge in [-0.3, -0.25) is 9.59 Å². The fourth-order valence-electron chi connectivity index (χ4n) is 3.97. The number of hydrogen-bond donors (Lipinski definition) is 2. The minimum Gasteiger partial charge on any atom is -0.379 e. The van der Waals surface area contributed by atoms with Gasteiger partial charge in [0.05, 0.1) is 17.8 Å². The number of anilines is 3. The number of hydrogen-bond acceptors (Lipinski definition) is 7. The summed E-state index contributed by atoms with van der Waals surface area (Å²) in [7, 11) is 3.27. The molecule has 2 amide bonds. The quantitative estimate of drug-likeness (QED) is 0.653. The Bertz CT molecular complexity index is 1100. The molecule has 176 valence electrons. The maximum atomic E-state index is 13.4. The Hall–Kier alpha value is -3.41. The number of fused-ring (bicyclic) bond motifs is 1. The Morgan fingerprint density at radius 1 is 1.24 bits per heavy atom. The smallest absolute Gasteiger partial charge is 0.254 e. The normalized spacial score (nSPS) is 19.0. The molecule has 4 rings (SSSR count). The SMILES string of the molecule is COC(C)C1C(=O)Nc2c(C)nc(NC3CN(C(=O)c4cc(F)c(F)c(F)c4)C3)nc2N1C. The number of aromatic nitrogens is 2. The lowest BCUT2D eigenvalue weighted by atomic mass is 10.1. The molecule has 1 fully saturated rings. The summed E-state index contributed by atoms with van der Waals surface area (Å²) in [6, 6.07) is 0.592. The number of rotatable bonds is 5. The third kappa shape index (κ3) is 4.06. The largest absolute Gasteiger partial charge is 0.379 e. The molecule has 0 bridgehead atoms. The maximum absolute atomic E-state index is 13.4. The summed E-state index contributed by atoms with van der Waals surface area (Å²) in [6.07, 6.45) is -0.373. The van der Waals surface area contributed by atoms with Crippen molar-refractivity contribution in [3.63, 3.8) is 0 Å². The number of amides is 2. The molecule has 2 aromatic rings. The first kappa shape index (κ1) is 22.8. The van der Waals surface area contributed by atoms with Crippen LogP contribution in [0.3, 0.4) is 0 Å². The highest BCUT2D eigenvalue weighted by Gasteiger charge is 2.38. The molecule has 33 heavy (non-hydrogen) atoms. The van der Waals surface area contributed by atoms with Crippen LogP contribution < -0.4 is 15.5 Å². The highest BCUT2D eigenvalue weighted by atomic mass is 19.2. The maximum Gasteiger partial charge on any atom is 0.254 e. The van der Waals surface area contributed by atoms with Crippen molar-refractivity contribution in [2.24, 2.45) is 0 Å². The highest BCUT2D eigenvalue weighted by Crippen LogP contribution is 2.33. The Morgan fingerprint density at radius 3 is 2.48 bits per heavy atom. The molecule has 2 aliphatic rings. The summed E-state index contributed by atoms with van der Waals surface area (Å²) in [5.74, 6) is -4.41. The second-order valence-corrected chi connectivity index (χ2v) is 8.12. The van der Waals surface area contributed by atoms with Crippen molar-refractivity contribution >= 4 is 29.3 Å². The van der Waals surface area contributed by atoms with Crippen LogP contribution in [-0.2, 0) is 9.53 Å². The van der Waals surface area contributed by atoms with Gasteiger partial charge in [0.2, 0.25) is 11.9 Å². The van der Waals surface area contributed by atoms with E-state index in [9.17, 15) is 22.8 Å². The van der Waals surface area contributed by atoms with E-state index >= 15 is 0 Å². The Kier molecular flexibility index (Phi) is 5.87. The molecule has 12 heteroatoms. The van der Waals surface area contributed by atoms with Crippen LogP contribution in [0.2, 0.25) is 0 Å². The molecular weight excluding hydrogens is 441 g/mol. The van der Waals surface area contributed by atoms with Crippen LogP contribution in [0.15, 0.2) is 12.1 Å². The lowest BCUT2D eigenvalue weighted by molar-refractivity contribution is -0.120. The number of carbonyl (C=O) groups is 2. The standard InChI is InChI=1S/C21H23F3N6O3/c1-9-16-18(29(3)17(10(2)33-4)19(31)27-16)28-21(25-9)26-12-7-30(8-12)20(32)11-5-13(22)15(24)14(23)6-11/h5-6,10,12,17H,7-8H2,1-4H3,(H,27,31)(H,25,26,28). The van der Waals surface area contributed by atoms with Crippen molar-refractivity contribution in [3.05, 3.63) is 40.8 Å². The number of halogens is 3. The van der Waals surface area contributed by atoms with Crippen LogP contribution in [-0.4, -0.2) is 72.1 Å². The van der Waals surface area contributed by atoms with E-state index in [0.29, 0.717) is 35.3 Å². The van der Waals surface area contributed by atoms with Crippen LogP contribution in [0.25, 0.3) is 0 Å². The van der Waals surface area contributed by atoms with Crippen LogP contribution in [0, 0.1) is 24.4 Å². The lowest BCUT2D eigenvalue weighted by Crippen LogP contribution is -2.57. The van der Waals surface area contributed by atoms with Crippen molar-refractivity contribution < 1.29 is 27.5 Å². The van der Waals surface area contributed by atoms with Gasteiger partial charge in [-0.1, -0.05) is 0 Å². The van der Waals surface area contributed by atoms with E-state index in [4.69, 9.17) is 4.74 Å². The summed E-state index contributed by atoms with van der Waals surface area (Å²) in [5.41, 5.74) is 0.815. The second kappa shape index (κ2) is 8.50. The van der Waals surface area contributed by atoms with Crippen molar-refractivity contribution in [1.29, 1.82) is 0 Å². The van der Waals surface area contributed by atoms with E-state index in [1.54, 1.807) is 25.8 Å². The summed E-state index contributed by atoms with van der Waals surface area (Å²) in [6.45, 7) is 4.02. The molecule has 0 radical (unpaired) electrons. The van der Waals surface area contributed by atoms with E-state index in [-0.39, 0.29) is 36.7 Å². The molecule has 2 unspecified atom stereocenters. The van der Waals surface area contributed by atoms with Crippen LogP contribution in [0.5, 0.6) is 0 Å². The number of methoxy groups -OCH3 is 1. The van der Waals surface area contributed by atoms with Gasteiger partial charge in [0.15, 0.2) is 23.3 Å². The molecule has 3 heterocycles. The minimum absolute atomic E-state index is 0.196. The van der Waals surface area contributed by atoms with Crippen molar-refractivity contribution in [2.75, 3.05) is 42.8 Å². The number of ether oxygens (including phenoxy) is 1. The molecular formula is C21H23F3N6O3. The summed E-state index contributed by atoms with van der Waals surface area (Å²) < 4.78 is 45.3. The third-order valence-corrected chi connectivity index (χ3v) is 5.89. The van der Waals surface area contributed by atoms with Crippen molar-refractivity contribution in [1.82, 2.24) is 14.9 Å². The average molecular weight is 464 g/mol. The Labute approximate surface area is 187 Å². The van der Waals surface area contributed by atoms with Gasteiger partial charge >= 0.3 is 0 Å². The average Bonchev–Trinajstić information content (AvgIpc) is 2.74. The number of nitrogens with one attached hydrogen (secondary N) is 2. The zero-order chi connectivity index (χ0) is 24.0. The first-order chi connectivity index (χ1) is 15.6. The van der Waals surface area contributed by atoms with E-state index in [1.165, 1.54) is 12.0 Å². The van der Waals surface area contributed by atoms with E-state index < -0.39 is 29.4 Å². The first-order valence-electron chi connectivity index (χ1n) is 10.3. The van der Waals surface area contributed by atoms with Crippen LogP contribution in [0.1, 0.15) is 23.0 Å². The molecule has 0 aliphatic carbocycles. The number of aryl methyl sites for hydroxylation is 1. The van der Waals surface area contributed by atoms with Gasteiger partial charge in [-0.25, -0.2) is 18.2 Å². The van der Waals surface area contributed by atoms with Crippen LogP contribution in [0.4, 0.5) is 30.6 Å². The molecule has 1 saturated heterocycles. The molecule has 2 N–H and O–H groups in total. The van der Waals surface area contributed by atoms with Gasteiger partial charge in [-0.15, -0.1) is 0 Å². The molecule has 1 aromatic carbocycles. The summed E-state index contributed by atoms with van der Waals surface area (Å²) >= 11 is 0. The zero-order valence-corrected chi connectivity index (χ0v) is 18.4. The van der Waals surface area contributed by atoms with Crippen molar-refractivity contribution in [3.8, 4) is 0 Å². The van der Waals surface area contributed by atoms with Gasteiger partial charge in [0, 0.05) is 32.8 Å². The molecule has 9 nitrogen and oxygen atoms in total. The Balaban J connectivity index is 1.45. The predicted molar refractivity (Wildman–Crippen MR) is 114 cm³/mol. The first-order valence-corrected chi connectivity index (χ1v) is 10.3. The number of carbonyl (C=O) groups excluding carboxylic acids is 2. The molecule has 0 spiro atoms. The predicted octanol–water partition coefficient (Wildman–Crippen LogP) is 1.93. The van der Waals surface area contributed by atoms with Gasteiger partial charge in [-0.05, 0) is 26.0 Å². The number of benzene rings is 1. The molecule has 0 saturated carbocycles. The van der Waals surface area contributed by atoms with Crippen LogP contribution >= 0.6 is 0 Å². The van der Waals surface area contributed by atoms with E-state index in [2.05, 4.69) is 20.6 Å². The van der Waals surface area contributed by atoms with E-state index in [0.717, 1.165) is 0 Å². The van der Waals surface area contributed by atoms with Gasteiger partial charge in [0.1, 0.15) is 11.7 Å². The number of likely N-dealkylation sites (tertiary alicyclic amines) is 1. The molecule has 2 aliphatic heterocycles. The molecule has 2 atom stereocenters. The van der Waals surface area contributed by atoms with Gasteiger partial charge in [-0.2, -0.15) is 4.98 Å². The highest BCUT2D eigenvalue weighted by molar-refractivity contribution is 6.03. The topological polar surface area (TPSA) is 99.7 Å². The fraction of sp³-hybridized carbons (Fsp3) is 0.429. The Morgan fingerprint density at radius 2 is 1.88 bits per heavy atom. The monoisotopic (exact) mass is 464 g/mol.